The first kappa shape index (κ1) is 13.9. The molecule has 2 rings (SSSR count). The summed E-state index contributed by atoms with van der Waals surface area (Å²) in [5, 5.41) is 5.90. The van der Waals surface area contributed by atoms with Crippen molar-refractivity contribution in [2.24, 2.45) is 5.10 Å². The van der Waals surface area contributed by atoms with Crippen molar-refractivity contribution in [3.63, 3.8) is 0 Å². The van der Waals surface area contributed by atoms with E-state index in [0.29, 0.717) is 0 Å². The fourth-order valence-corrected chi connectivity index (χ4v) is 2.06. The van der Waals surface area contributed by atoms with E-state index in [-0.39, 0.29) is 10.7 Å². The molecule has 1 heterocycles. The van der Waals surface area contributed by atoms with Crippen LogP contribution in [0.5, 0.6) is 0 Å². The predicted molar refractivity (Wildman–Crippen MR) is 72.0 cm³/mol. The lowest BCUT2D eigenvalue weighted by atomic mass is 10.2. The van der Waals surface area contributed by atoms with Gasteiger partial charge in [0, 0.05) is 4.88 Å². The monoisotopic (exact) mass is 304 g/mol. The van der Waals surface area contributed by atoms with Crippen molar-refractivity contribution in [1.29, 1.82) is 0 Å². The van der Waals surface area contributed by atoms with E-state index in [9.17, 15) is 13.2 Å². The summed E-state index contributed by atoms with van der Waals surface area (Å²) in [4.78, 5) is 0.885. The number of anilines is 1. The van der Waals surface area contributed by atoms with Gasteiger partial charge in [0.2, 0.25) is 0 Å². The van der Waals surface area contributed by atoms with Crippen molar-refractivity contribution >= 4 is 34.8 Å². The lowest BCUT2D eigenvalue weighted by Gasteiger charge is -2.09. The molecule has 0 aliphatic rings. The predicted octanol–water partition coefficient (Wildman–Crippen LogP) is 4.87. The minimum atomic E-state index is -4.40. The van der Waals surface area contributed by atoms with Crippen molar-refractivity contribution in [2.75, 3.05) is 5.43 Å². The van der Waals surface area contributed by atoms with Crippen LogP contribution in [0.2, 0.25) is 5.02 Å². The van der Waals surface area contributed by atoms with E-state index < -0.39 is 11.7 Å². The average molecular weight is 305 g/mol. The van der Waals surface area contributed by atoms with E-state index in [1.807, 2.05) is 17.5 Å². The molecule has 0 aliphatic heterocycles. The Morgan fingerprint density at radius 1 is 1.26 bits per heavy atom. The SMILES string of the molecule is FC(F)(F)c1ccc(Cl)c(NN=Cc2cccs2)c1. The standard InChI is InChI=1S/C12H8ClF3N2S/c13-10-4-3-8(12(14,15)16)6-11(10)18-17-7-9-2-1-5-19-9/h1-7,18H. The van der Waals surface area contributed by atoms with Gasteiger partial charge in [-0.1, -0.05) is 17.7 Å². The molecule has 100 valence electrons. The molecule has 1 aromatic carbocycles. The second kappa shape index (κ2) is 5.63. The van der Waals surface area contributed by atoms with Crippen molar-refractivity contribution in [2.45, 2.75) is 6.18 Å². The van der Waals surface area contributed by atoms with Gasteiger partial charge in [0.05, 0.1) is 22.5 Å². The maximum absolute atomic E-state index is 12.5. The van der Waals surface area contributed by atoms with Gasteiger partial charge in [-0.3, -0.25) is 5.43 Å². The zero-order valence-electron chi connectivity index (χ0n) is 9.41. The summed E-state index contributed by atoms with van der Waals surface area (Å²) < 4.78 is 37.6. The van der Waals surface area contributed by atoms with Gasteiger partial charge in [-0.2, -0.15) is 18.3 Å². The lowest BCUT2D eigenvalue weighted by Crippen LogP contribution is -2.05. The van der Waals surface area contributed by atoms with Gasteiger partial charge in [0.25, 0.3) is 0 Å². The number of benzene rings is 1. The minimum Gasteiger partial charge on any atom is -0.277 e. The number of hydrogen-bond donors (Lipinski definition) is 1. The Morgan fingerprint density at radius 3 is 2.68 bits per heavy atom. The molecule has 2 nitrogen and oxygen atoms in total. The first-order valence-corrected chi connectivity index (χ1v) is 6.42. The summed E-state index contributed by atoms with van der Waals surface area (Å²) in [5.74, 6) is 0. The Hall–Kier alpha value is -1.53. The number of hydrazone groups is 1. The van der Waals surface area contributed by atoms with Gasteiger partial charge < -0.3 is 0 Å². The molecule has 19 heavy (non-hydrogen) atoms. The molecule has 0 spiro atoms. The summed E-state index contributed by atoms with van der Waals surface area (Å²) in [7, 11) is 0. The molecule has 0 aliphatic carbocycles. The number of nitrogens with one attached hydrogen (secondary N) is 1. The van der Waals surface area contributed by atoms with E-state index >= 15 is 0 Å². The maximum Gasteiger partial charge on any atom is 0.416 e. The molecular weight excluding hydrogens is 297 g/mol. The van der Waals surface area contributed by atoms with Gasteiger partial charge in [-0.25, -0.2) is 0 Å². The zero-order chi connectivity index (χ0) is 13.9. The van der Waals surface area contributed by atoms with E-state index in [2.05, 4.69) is 10.5 Å². The number of halogens is 4. The Bertz CT molecular complexity index is 579. The van der Waals surface area contributed by atoms with Crippen molar-refractivity contribution in [1.82, 2.24) is 0 Å². The van der Waals surface area contributed by atoms with Crippen LogP contribution < -0.4 is 5.43 Å². The smallest absolute Gasteiger partial charge is 0.277 e. The number of hydrogen-bond acceptors (Lipinski definition) is 3. The van der Waals surface area contributed by atoms with E-state index in [0.717, 1.165) is 17.0 Å². The summed E-state index contributed by atoms with van der Waals surface area (Å²) in [6, 6.07) is 6.73. The van der Waals surface area contributed by atoms with Crippen molar-refractivity contribution < 1.29 is 13.2 Å². The molecule has 0 radical (unpaired) electrons. The zero-order valence-corrected chi connectivity index (χ0v) is 11.0. The highest BCUT2D eigenvalue weighted by Crippen LogP contribution is 2.33. The van der Waals surface area contributed by atoms with E-state index in [4.69, 9.17) is 11.6 Å². The van der Waals surface area contributed by atoms with Crippen LogP contribution in [0.3, 0.4) is 0 Å². The van der Waals surface area contributed by atoms with Gasteiger partial charge in [0.15, 0.2) is 0 Å². The van der Waals surface area contributed by atoms with E-state index in [1.54, 1.807) is 0 Å². The Labute approximate surface area is 116 Å². The summed E-state index contributed by atoms with van der Waals surface area (Å²) >= 11 is 7.27. The summed E-state index contributed by atoms with van der Waals surface area (Å²) in [5.41, 5.74) is 1.85. The molecule has 0 unspecified atom stereocenters. The minimum absolute atomic E-state index is 0.115. The molecule has 1 aromatic heterocycles. The molecule has 2 aromatic rings. The molecule has 0 amide bonds. The quantitative estimate of drug-likeness (QED) is 0.635. The topological polar surface area (TPSA) is 24.4 Å². The molecular formula is C12H8ClF3N2S. The number of thiophene rings is 1. The first-order valence-electron chi connectivity index (χ1n) is 5.16. The number of nitrogens with zero attached hydrogens (tertiary/aromatic N) is 1. The van der Waals surface area contributed by atoms with Gasteiger partial charge in [-0.05, 0) is 29.6 Å². The van der Waals surface area contributed by atoms with Crippen LogP contribution in [0.4, 0.5) is 18.9 Å². The largest absolute Gasteiger partial charge is 0.416 e. The third kappa shape index (κ3) is 3.71. The van der Waals surface area contributed by atoms with Crippen LogP contribution in [-0.2, 0) is 6.18 Å². The number of alkyl halides is 3. The highest BCUT2D eigenvalue weighted by molar-refractivity contribution is 7.11. The fraction of sp³-hybridized carbons (Fsp3) is 0.0833. The highest BCUT2D eigenvalue weighted by Gasteiger charge is 2.30. The van der Waals surface area contributed by atoms with Crippen LogP contribution in [-0.4, -0.2) is 6.21 Å². The second-order valence-electron chi connectivity index (χ2n) is 3.58. The Kier molecular flexibility index (Phi) is 4.11. The molecule has 0 atom stereocenters. The highest BCUT2D eigenvalue weighted by atomic mass is 35.5. The molecule has 0 saturated carbocycles. The second-order valence-corrected chi connectivity index (χ2v) is 4.96. The molecule has 7 heteroatoms. The average Bonchev–Trinajstić information content (AvgIpc) is 2.83. The fourth-order valence-electron chi connectivity index (χ4n) is 1.32. The Morgan fingerprint density at radius 2 is 2.05 bits per heavy atom. The summed E-state index contributed by atoms with van der Waals surface area (Å²) in [6.45, 7) is 0. The van der Waals surface area contributed by atoms with Crippen LogP contribution in [0, 0.1) is 0 Å². The Balaban J connectivity index is 2.16. The van der Waals surface area contributed by atoms with Crippen LogP contribution >= 0.6 is 22.9 Å². The van der Waals surface area contributed by atoms with Crippen molar-refractivity contribution in [3.05, 3.63) is 51.2 Å². The molecule has 0 saturated heterocycles. The number of rotatable bonds is 3. The molecule has 0 fully saturated rings. The van der Waals surface area contributed by atoms with Gasteiger partial charge in [0.1, 0.15) is 0 Å². The summed E-state index contributed by atoms with van der Waals surface area (Å²) in [6.07, 6.45) is -2.89. The normalized spacial score (nSPS) is 12.0. The van der Waals surface area contributed by atoms with Gasteiger partial charge in [-0.15, -0.1) is 11.3 Å². The lowest BCUT2D eigenvalue weighted by molar-refractivity contribution is -0.137. The van der Waals surface area contributed by atoms with Crippen LogP contribution in [0.15, 0.2) is 40.8 Å². The molecule has 0 bridgehead atoms. The molecule has 1 N–H and O–H groups in total. The van der Waals surface area contributed by atoms with E-state index in [1.165, 1.54) is 23.6 Å². The third-order valence-corrected chi connectivity index (χ3v) is 3.35. The van der Waals surface area contributed by atoms with Crippen LogP contribution in [0.1, 0.15) is 10.4 Å². The maximum atomic E-state index is 12.5. The van der Waals surface area contributed by atoms with Crippen LogP contribution in [0.25, 0.3) is 0 Å². The van der Waals surface area contributed by atoms with Crippen molar-refractivity contribution in [3.8, 4) is 0 Å². The first-order chi connectivity index (χ1) is 8.97. The van der Waals surface area contributed by atoms with Gasteiger partial charge >= 0.3 is 6.18 Å². The third-order valence-electron chi connectivity index (χ3n) is 2.21.